The largest absolute Gasteiger partial charge is 0.495 e. The van der Waals surface area contributed by atoms with Gasteiger partial charge in [-0.15, -0.1) is 0 Å². The molecule has 0 bridgehead atoms. The highest BCUT2D eigenvalue weighted by Crippen LogP contribution is 2.31. The number of anilines is 1. The van der Waals surface area contributed by atoms with Crippen LogP contribution in [0.5, 0.6) is 5.75 Å². The Morgan fingerprint density at radius 3 is 2.72 bits per heavy atom. The van der Waals surface area contributed by atoms with Crippen molar-refractivity contribution in [3.8, 4) is 5.75 Å². The van der Waals surface area contributed by atoms with Crippen LogP contribution in [0.25, 0.3) is 0 Å². The Balaban J connectivity index is 1.57. The van der Waals surface area contributed by atoms with Gasteiger partial charge < -0.3 is 15.0 Å². The molecule has 4 rings (SSSR count). The van der Waals surface area contributed by atoms with E-state index >= 15 is 0 Å². The number of hydrogen-bond acceptors (Lipinski definition) is 6. The second-order valence-electron chi connectivity index (χ2n) is 7.73. The van der Waals surface area contributed by atoms with Crippen LogP contribution in [0.3, 0.4) is 0 Å². The van der Waals surface area contributed by atoms with Gasteiger partial charge in [0.2, 0.25) is 0 Å². The summed E-state index contributed by atoms with van der Waals surface area (Å²) in [7, 11) is 3.30. The second kappa shape index (κ2) is 9.17. The maximum absolute atomic E-state index is 13.1. The third-order valence-corrected chi connectivity index (χ3v) is 5.70. The van der Waals surface area contributed by atoms with E-state index in [0.29, 0.717) is 40.8 Å². The molecule has 0 unspecified atom stereocenters. The first kappa shape index (κ1) is 21.5. The van der Waals surface area contributed by atoms with E-state index in [-0.39, 0.29) is 17.9 Å². The van der Waals surface area contributed by atoms with Crippen molar-refractivity contribution < 1.29 is 14.3 Å². The van der Waals surface area contributed by atoms with E-state index in [1.165, 1.54) is 6.20 Å². The summed E-state index contributed by atoms with van der Waals surface area (Å²) in [4.78, 5) is 36.9. The molecule has 0 radical (unpaired) electrons. The summed E-state index contributed by atoms with van der Waals surface area (Å²) in [6.07, 6.45) is 5.83. The van der Waals surface area contributed by atoms with Gasteiger partial charge in [0.1, 0.15) is 11.4 Å². The Morgan fingerprint density at radius 1 is 1.19 bits per heavy atom. The van der Waals surface area contributed by atoms with Crippen molar-refractivity contribution in [1.29, 1.82) is 0 Å². The van der Waals surface area contributed by atoms with E-state index in [4.69, 9.17) is 4.74 Å². The number of hydrogen-bond donors (Lipinski definition) is 1. The number of amides is 2. The number of aryl methyl sites for hydroxylation is 2. The molecule has 9 heteroatoms. The number of methoxy groups -OCH3 is 1. The zero-order chi connectivity index (χ0) is 22.7. The Hall–Kier alpha value is -3.75. The van der Waals surface area contributed by atoms with Crippen molar-refractivity contribution in [1.82, 2.24) is 24.6 Å². The highest BCUT2D eigenvalue weighted by atomic mass is 16.5. The van der Waals surface area contributed by atoms with E-state index in [0.717, 1.165) is 19.3 Å². The summed E-state index contributed by atoms with van der Waals surface area (Å²) in [5, 5.41) is 6.96. The zero-order valence-electron chi connectivity index (χ0n) is 18.4. The fourth-order valence-electron chi connectivity index (χ4n) is 3.98. The van der Waals surface area contributed by atoms with E-state index in [1.807, 2.05) is 17.0 Å². The van der Waals surface area contributed by atoms with Crippen LogP contribution in [0, 0.1) is 6.92 Å². The molecule has 0 aliphatic carbocycles. The molecule has 0 spiro atoms. The standard InChI is InChI=1S/C23H26N6O3/c1-15-16(22(30)27-17-8-4-5-10-20(17)32-3)14-24-21(26-15)18-9-6-7-13-29(18)23(31)19-11-12-25-28(19)2/h4-5,8,10-12,14,18H,6-7,9,13H2,1-3H3,(H,27,30)/t18-/m1/s1. The molecule has 1 atom stereocenters. The molecule has 1 saturated heterocycles. The van der Waals surface area contributed by atoms with E-state index in [2.05, 4.69) is 20.4 Å². The van der Waals surface area contributed by atoms with Gasteiger partial charge in [0, 0.05) is 26.0 Å². The number of benzene rings is 1. The molecule has 3 aromatic rings. The van der Waals surface area contributed by atoms with Crippen molar-refractivity contribution in [3.05, 3.63) is 65.5 Å². The summed E-state index contributed by atoms with van der Waals surface area (Å²) >= 11 is 0. The first-order valence-electron chi connectivity index (χ1n) is 10.6. The monoisotopic (exact) mass is 434 g/mol. The van der Waals surface area contributed by atoms with Crippen molar-refractivity contribution in [3.63, 3.8) is 0 Å². The Kier molecular flexibility index (Phi) is 6.16. The van der Waals surface area contributed by atoms with Crippen LogP contribution in [0.1, 0.15) is 57.7 Å². The lowest BCUT2D eigenvalue weighted by Crippen LogP contribution is -2.40. The number of nitrogens with one attached hydrogen (secondary N) is 1. The van der Waals surface area contributed by atoms with E-state index < -0.39 is 0 Å². The highest BCUT2D eigenvalue weighted by molar-refractivity contribution is 6.05. The topological polar surface area (TPSA) is 102 Å². The average Bonchev–Trinajstić information content (AvgIpc) is 3.24. The molecule has 32 heavy (non-hydrogen) atoms. The minimum Gasteiger partial charge on any atom is -0.495 e. The van der Waals surface area contributed by atoms with Gasteiger partial charge in [-0.1, -0.05) is 12.1 Å². The van der Waals surface area contributed by atoms with Crippen LogP contribution in [0.2, 0.25) is 0 Å². The Bertz CT molecular complexity index is 1140. The molecule has 1 fully saturated rings. The van der Waals surface area contributed by atoms with Gasteiger partial charge in [0.05, 0.1) is 30.1 Å². The van der Waals surface area contributed by atoms with Crippen LogP contribution in [-0.4, -0.2) is 50.1 Å². The summed E-state index contributed by atoms with van der Waals surface area (Å²) in [6.45, 7) is 2.41. The van der Waals surface area contributed by atoms with Crippen LogP contribution < -0.4 is 10.1 Å². The number of nitrogens with zero attached hydrogens (tertiary/aromatic N) is 5. The maximum Gasteiger partial charge on any atom is 0.272 e. The number of ether oxygens (including phenoxy) is 1. The molecule has 0 saturated carbocycles. The van der Waals surface area contributed by atoms with Gasteiger partial charge in [-0.05, 0) is 44.4 Å². The van der Waals surface area contributed by atoms with E-state index in [1.54, 1.807) is 50.2 Å². The molecular weight excluding hydrogens is 408 g/mol. The summed E-state index contributed by atoms with van der Waals surface area (Å²) < 4.78 is 6.87. The van der Waals surface area contributed by atoms with Gasteiger partial charge in [0.15, 0.2) is 5.82 Å². The normalized spacial score (nSPS) is 16.0. The second-order valence-corrected chi connectivity index (χ2v) is 7.73. The molecular formula is C23H26N6O3. The van der Waals surface area contributed by atoms with Crippen molar-refractivity contribution in [2.45, 2.75) is 32.2 Å². The quantitative estimate of drug-likeness (QED) is 0.662. The zero-order valence-corrected chi connectivity index (χ0v) is 18.4. The van der Waals surface area contributed by atoms with Crippen molar-refractivity contribution >= 4 is 17.5 Å². The van der Waals surface area contributed by atoms with Crippen LogP contribution in [-0.2, 0) is 7.05 Å². The molecule has 1 aliphatic heterocycles. The SMILES string of the molecule is COc1ccccc1NC(=O)c1cnc([C@H]2CCCCN2C(=O)c2ccnn2C)nc1C. The lowest BCUT2D eigenvalue weighted by atomic mass is 10.0. The van der Waals surface area contributed by atoms with Gasteiger partial charge in [-0.25, -0.2) is 9.97 Å². The molecule has 3 heterocycles. The number of rotatable bonds is 5. The Labute approximate surface area is 186 Å². The molecule has 166 valence electrons. The van der Waals surface area contributed by atoms with Crippen LogP contribution in [0.4, 0.5) is 5.69 Å². The smallest absolute Gasteiger partial charge is 0.272 e. The molecule has 1 aromatic carbocycles. The number of piperidine rings is 1. The molecule has 2 aromatic heterocycles. The number of para-hydroxylation sites is 2. The van der Waals surface area contributed by atoms with Crippen molar-refractivity contribution in [2.75, 3.05) is 19.0 Å². The maximum atomic E-state index is 13.1. The number of aromatic nitrogens is 4. The molecule has 1 N–H and O–H groups in total. The number of carbonyl (C=O) groups excluding carboxylic acids is 2. The summed E-state index contributed by atoms with van der Waals surface area (Å²) in [5.74, 6) is 0.716. The molecule has 9 nitrogen and oxygen atoms in total. The van der Waals surface area contributed by atoms with Gasteiger partial charge >= 0.3 is 0 Å². The number of carbonyl (C=O) groups is 2. The fourth-order valence-corrected chi connectivity index (χ4v) is 3.98. The third kappa shape index (κ3) is 4.18. The molecule has 2 amide bonds. The van der Waals surface area contributed by atoms with Crippen LogP contribution >= 0.6 is 0 Å². The fraction of sp³-hybridized carbons (Fsp3) is 0.348. The average molecular weight is 435 g/mol. The summed E-state index contributed by atoms with van der Waals surface area (Å²) in [6, 6.07) is 8.67. The van der Waals surface area contributed by atoms with E-state index in [9.17, 15) is 9.59 Å². The predicted molar refractivity (Wildman–Crippen MR) is 119 cm³/mol. The summed E-state index contributed by atoms with van der Waals surface area (Å²) in [5.41, 5.74) is 2.03. The minimum absolute atomic E-state index is 0.0889. The first-order chi connectivity index (χ1) is 15.5. The lowest BCUT2D eigenvalue weighted by molar-refractivity contribution is 0.0587. The van der Waals surface area contributed by atoms with Crippen LogP contribution in [0.15, 0.2) is 42.7 Å². The Morgan fingerprint density at radius 2 is 2.00 bits per heavy atom. The first-order valence-corrected chi connectivity index (χ1v) is 10.6. The minimum atomic E-state index is -0.315. The van der Waals surface area contributed by atoms with Crippen molar-refractivity contribution in [2.24, 2.45) is 7.05 Å². The highest BCUT2D eigenvalue weighted by Gasteiger charge is 2.32. The molecule has 1 aliphatic rings. The van der Waals surface area contributed by atoms with Gasteiger partial charge in [-0.2, -0.15) is 5.10 Å². The van der Waals surface area contributed by atoms with Gasteiger partial charge in [-0.3, -0.25) is 14.3 Å². The predicted octanol–water partition coefficient (Wildman–Crippen LogP) is 3.15. The van der Waals surface area contributed by atoms with Gasteiger partial charge in [0.25, 0.3) is 11.8 Å². The third-order valence-electron chi connectivity index (χ3n) is 5.70. The lowest BCUT2D eigenvalue weighted by Gasteiger charge is -2.34. The number of likely N-dealkylation sites (tertiary alicyclic amines) is 1.